The lowest BCUT2D eigenvalue weighted by Gasteiger charge is -2.04. The maximum Gasteiger partial charge on any atom is 0.180 e. The molecule has 2 aromatic heterocycles. The number of aryl methyl sites for hydroxylation is 2. The van der Waals surface area contributed by atoms with Gasteiger partial charge in [0.2, 0.25) is 0 Å². The van der Waals surface area contributed by atoms with Gasteiger partial charge in [0.05, 0.1) is 0 Å². The van der Waals surface area contributed by atoms with Crippen LogP contribution in [0.4, 0.5) is 0 Å². The number of aromatic nitrogens is 2. The van der Waals surface area contributed by atoms with E-state index >= 15 is 0 Å². The topological polar surface area (TPSA) is 64.2 Å². The van der Waals surface area contributed by atoms with Crippen LogP contribution in [0.15, 0.2) is 66.3 Å². The van der Waals surface area contributed by atoms with E-state index in [1.807, 2.05) is 36.9 Å². The van der Waals surface area contributed by atoms with Crippen LogP contribution in [-0.2, 0) is 12.8 Å². The van der Waals surface area contributed by atoms with Crippen LogP contribution in [0.25, 0.3) is 0 Å². The summed E-state index contributed by atoms with van der Waals surface area (Å²) in [6.07, 6.45) is 41.1. The molecule has 0 radical (unpaired) electrons. The van der Waals surface area contributed by atoms with Gasteiger partial charge in [0.1, 0.15) is 6.54 Å². The van der Waals surface area contributed by atoms with E-state index in [0.717, 1.165) is 37.0 Å². The molecule has 0 bridgehead atoms. The van der Waals surface area contributed by atoms with E-state index in [-0.39, 0.29) is 0 Å². The molecule has 42 heavy (non-hydrogen) atoms. The van der Waals surface area contributed by atoms with E-state index in [1.165, 1.54) is 127 Å². The molecule has 2 rings (SSSR count). The number of unbranched alkanes of at least 4 members (excludes halogenated alkanes) is 18. The maximum absolute atomic E-state index is 11.9. The number of pyridine rings is 2. The first-order chi connectivity index (χ1) is 20.8. The average Bonchev–Trinajstić information content (AvgIpc) is 3.02. The zero-order valence-corrected chi connectivity index (χ0v) is 26.6. The second kappa shape index (κ2) is 27.3. The van der Waals surface area contributed by atoms with Crippen LogP contribution in [0.2, 0.25) is 0 Å². The molecule has 0 saturated carbocycles. The molecular weight excluding hydrogens is 516 g/mol. The molecule has 0 aliphatic carbocycles. The molecule has 0 amide bonds. The normalized spacial score (nSPS) is 12.0. The molecule has 0 fully saturated rings. The first kappa shape index (κ1) is 35.6. The highest BCUT2D eigenvalue weighted by Gasteiger charge is 1.99. The lowest BCUT2D eigenvalue weighted by molar-refractivity contribution is -0.531. The monoisotopic (exact) mass is 576 g/mol. The molecule has 0 aromatic carbocycles. The number of rotatable bonds is 28. The molecular formula is C37H60N4O. The van der Waals surface area contributed by atoms with Crippen molar-refractivity contribution in [1.82, 2.24) is 9.97 Å². The lowest BCUT2D eigenvalue weighted by atomic mass is 10.0. The zero-order valence-electron chi connectivity index (χ0n) is 26.6. The first-order valence-electron chi connectivity index (χ1n) is 17.4. The van der Waals surface area contributed by atoms with E-state index in [0.29, 0.717) is 13.1 Å². The van der Waals surface area contributed by atoms with Gasteiger partial charge in [-0.25, -0.2) is 0 Å². The molecule has 5 nitrogen and oxygen atoms in total. The number of allylic oxidation sites excluding steroid dienone is 2. The molecule has 0 N–H and O–H groups in total. The van der Waals surface area contributed by atoms with Gasteiger partial charge in [-0.05, 0) is 79.7 Å². The molecule has 5 heteroatoms. The SMILES string of the molecule is [O-][N+](CCCCCCCCCC/C=C/CCc1cccnc1)=NCCCCCCCCCCCCCc1cccnc1. The number of nitrogens with zero attached hydrogens (tertiary/aromatic N) is 4. The van der Waals surface area contributed by atoms with Gasteiger partial charge in [0, 0.05) is 31.2 Å². The van der Waals surface area contributed by atoms with Crippen molar-refractivity contribution in [2.75, 3.05) is 13.1 Å². The van der Waals surface area contributed by atoms with Crippen molar-refractivity contribution >= 4 is 0 Å². The Morgan fingerprint density at radius 2 is 1.02 bits per heavy atom. The van der Waals surface area contributed by atoms with E-state index in [9.17, 15) is 5.21 Å². The Kier molecular flexibility index (Phi) is 23.1. The number of azo groups is 1. The van der Waals surface area contributed by atoms with Crippen molar-refractivity contribution in [2.45, 2.75) is 148 Å². The highest BCUT2D eigenvalue weighted by Crippen LogP contribution is 2.13. The van der Waals surface area contributed by atoms with Crippen molar-refractivity contribution in [3.05, 3.63) is 77.5 Å². The maximum atomic E-state index is 11.9. The predicted octanol–water partition coefficient (Wildman–Crippen LogP) is 11.0. The van der Waals surface area contributed by atoms with Gasteiger partial charge in [0.25, 0.3) is 0 Å². The van der Waals surface area contributed by atoms with Gasteiger partial charge in [-0.15, -0.1) is 0 Å². The molecule has 0 saturated heterocycles. The molecule has 0 aliphatic heterocycles. The molecule has 0 atom stereocenters. The van der Waals surface area contributed by atoms with Crippen LogP contribution in [0.3, 0.4) is 0 Å². The minimum absolute atomic E-state index is 0.566. The van der Waals surface area contributed by atoms with Gasteiger partial charge >= 0.3 is 0 Å². The number of hydroxylamine groups is 1. The van der Waals surface area contributed by atoms with Crippen LogP contribution >= 0.6 is 0 Å². The Balaban J connectivity index is 1.23. The van der Waals surface area contributed by atoms with Gasteiger partial charge in [-0.1, -0.05) is 119 Å². The van der Waals surface area contributed by atoms with Crippen molar-refractivity contribution in [1.29, 1.82) is 0 Å². The summed E-state index contributed by atoms with van der Waals surface area (Å²) in [6.45, 7) is 1.26. The summed E-state index contributed by atoms with van der Waals surface area (Å²) in [5.41, 5.74) is 2.68. The van der Waals surface area contributed by atoms with E-state index < -0.39 is 0 Å². The molecule has 2 aromatic rings. The standard InChI is InChI=1S/C37H60N4O/c42-41(33-23-19-15-11-7-2-1-4-8-12-16-20-26-36-28-24-30-38-34-36)40-32-22-18-14-10-6-3-5-9-13-17-21-27-37-29-25-31-39-35-37/h12,16,24-25,28-31,34-35H,1-11,13-15,17-23,26-27,32-33H2/b16-12+,41-40?. The van der Waals surface area contributed by atoms with E-state index in [2.05, 4.69) is 39.4 Å². The Labute approximate surface area is 257 Å². The second-order valence-electron chi connectivity index (χ2n) is 11.9. The summed E-state index contributed by atoms with van der Waals surface area (Å²) < 4.78 is 0. The first-order valence-corrected chi connectivity index (χ1v) is 17.4. The Morgan fingerprint density at radius 3 is 1.60 bits per heavy atom. The molecule has 0 unspecified atom stereocenters. The number of hydrogen-bond donors (Lipinski definition) is 0. The van der Waals surface area contributed by atoms with Gasteiger partial charge in [-0.2, -0.15) is 0 Å². The fourth-order valence-electron chi connectivity index (χ4n) is 5.43. The smallest absolute Gasteiger partial charge is 0.180 e. The van der Waals surface area contributed by atoms with Crippen molar-refractivity contribution in [2.24, 2.45) is 5.11 Å². The zero-order chi connectivity index (χ0) is 29.6. The summed E-state index contributed by atoms with van der Waals surface area (Å²) in [4.78, 5) is 9.30. The molecule has 2 heterocycles. The Morgan fingerprint density at radius 1 is 0.548 bits per heavy atom. The minimum Gasteiger partial charge on any atom is -0.600 e. The highest BCUT2D eigenvalue weighted by atomic mass is 16.5. The molecule has 0 aliphatic rings. The fraction of sp³-hybridized carbons (Fsp3) is 0.676. The minimum atomic E-state index is 0.566. The third-order valence-electron chi connectivity index (χ3n) is 8.06. The number of hydrogen-bond acceptors (Lipinski definition) is 4. The Hall–Kier alpha value is -2.56. The highest BCUT2D eigenvalue weighted by molar-refractivity contribution is 5.09. The third-order valence-corrected chi connectivity index (χ3v) is 8.06. The predicted molar refractivity (Wildman–Crippen MR) is 178 cm³/mol. The fourth-order valence-corrected chi connectivity index (χ4v) is 5.43. The van der Waals surface area contributed by atoms with E-state index in [4.69, 9.17) is 0 Å². The summed E-state index contributed by atoms with van der Waals surface area (Å²) in [7, 11) is 0. The van der Waals surface area contributed by atoms with E-state index in [1.54, 1.807) is 0 Å². The van der Waals surface area contributed by atoms with Gasteiger partial charge < -0.3 is 5.21 Å². The van der Waals surface area contributed by atoms with Crippen LogP contribution in [0, 0.1) is 5.21 Å². The van der Waals surface area contributed by atoms with Crippen molar-refractivity contribution in [3.8, 4) is 0 Å². The Bertz CT molecular complexity index is 900. The van der Waals surface area contributed by atoms with Crippen molar-refractivity contribution in [3.63, 3.8) is 0 Å². The molecule has 0 spiro atoms. The summed E-state index contributed by atoms with van der Waals surface area (Å²) >= 11 is 0. The van der Waals surface area contributed by atoms with Crippen LogP contribution in [0.1, 0.15) is 146 Å². The van der Waals surface area contributed by atoms with Crippen molar-refractivity contribution < 1.29 is 4.86 Å². The molecule has 234 valence electrons. The lowest BCUT2D eigenvalue weighted by Crippen LogP contribution is -2.04. The largest absolute Gasteiger partial charge is 0.600 e. The van der Waals surface area contributed by atoms with Gasteiger partial charge in [-0.3, -0.25) is 9.97 Å². The van der Waals surface area contributed by atoms with Crippen LogP contribution < -0.4 is 0 Å². The third kappa shape index (κ3) is 22.1. The van der Waals surface area contributed by atoms with Crippen LogP contribution in [-0.4, -0.2) is 27.9 Å². The van der Waals surface area contributed by atoms with Crippen LogP contribution in [0.5, 0.6) is 0 Å². The summed E-state index contributed by atoms with van der Waals surface area (Å²) in [5.74, 6) is 0. The quantitative estimate of drug-likeness (QED) is 0.0333. The summed E-state index contributed by atoms with van der Waals surface area (Å²) in [5, 5.41) is 16.1. The second-order valence-corrected chi connectivity index (χ2v) is 11.9. The van der Waals surface area contributed by atoms with Gasteiger partial charge in [0.15, 0.2) is 6.54 Å². The average molecular weight is 577 g/mol. The summed E-state index contributed by atoms with van der Waals surface area (Å²) in [6, 6.07) is 8.36.